The van der Waals surface area contributed by atoms with Crippen LogP contribution in [0.3, 0.4) is 0 Å². The van der Waals surface area contributed by atoms with Gasteiger partial charge in [-0.25, -0.2) is 19.3 Å². The lowest BCUT2D eigenvalue weighted by atomic mass is 9.87. The second kappa shape index (κ2) is 24.3. The second-order valence-electron chi connectivity index (χ2n) is 19.6. The smallest absolute Gasteiger partial charge is 0.309 e. The molecule has 6 rings (SSSR count). The Kier molecular flexibility index (Phi) is 19.3. The van der Waals surface area contributed by atoms with Crippen molar-refractivity contribution in [2.75, 3.05) is 32.0 Å². The zero-order valence-corrected chi connectivity index (χ0v) is 43.1. The number of nitrogens with two attached hydrogens (primary N) is 1. The van der Waals surface area contributed by atoms with Crippen molar-refractivity contribution in [2.24, 2.45) is 16.2 Å². The van der Waals surface area contributed by atoms with Gasteiger partial charge in [0.15, 0.2) is 17.7 Å². The molecule has 7 unspecified atom stereocenters. The van der Waals surface area contributed by atoms with Crippen LogP contribution in [-0.4, -0.2) is 109 Å². The number of phosphoric acid groups is 3. The van der Waals surface area contributed by atoms with E-state index in [-0.39, 0.29) is 54.1 Å². The number of hydrogen-bond donors (Lipinski definition) is 6. The number of hydrogen-bond acceptors (Lipinski definition) is 22. The summed E-state index contributed by atoms with van der Waals surface area (Å²) in [4.78, 5) is 110. The number of aliphatic carboxylic acids is 1. The number of unbranched alkanes of at least 4 members (excludes halogenated alkanes) is 3. The van der Waals surface area contributed by atoms with Crippen LogP contribution in [0.15, 0.2) is 36.9 Å². The molecule has 2 saturated carbocycles. The van der Waals surface area contributed by atoms with Gasteiger partial charge in [0.1, 0.15) is 42.0 Å². The largest absolute Gasteiger partial charge is 0.790 e. The number of aryl methyl sites for hydroxylation is 2. The van der Waals surface area contributed by atoms with Crippen molar-refractivity contribution in [1.82, 2.24) is 30.2 Å². The molecule has 406 valence electrons. The summed E-state index contributed by atoms with van der Waals surface area (Å²) in [6, 6.07) is 8.58. The van der Waals surface area contributed by atoms with Crippen LogP contribution in [0.2, 0.25) is 0 Å². The number of nitrogens with one attached hydrogen (secondary N) is 2. The Hall–Kier alpha value is -4.10. The topological polar surface area (TPSA) is 412 Å². The maximum atomic E-state index is 13.1. The van der Waals surface area contributed by atoms with E-state index in [9.17, 15) is 67.8 Å². The molecule has 3 aliphatic rings. The first-order valence-electron chi connectivity index (χ1n) is 23.9. The third-order valence-corrected chi connectivity index (χ3v) is 16.5. The Morgan fingerprint density at radius 3 is 2.07 bits per heavy atom. The number of fused-ring (bicyclic) bond motifs is 1. The molecule has 1 aliphatic heterocycles. The number of benzene rings is 1. The molecule has 73 heavy (non-hydrogen) atoms. The summed E-state index contributed by atoms with van der Waals surface area (Å²) in [7, 11) is -17.7. The average Bonchev–Trinajstić information content (AvgIpc) is 4.23. The standard InChI is InChI=1S/C44H66N7O19P3/c1-42(2,25-67-73(64,65)70-72(62,63)66-24-30-35(69-71(59,60)61)34(54)40(68-30)51-27-50-33-37(45)48-26-49-38(33)51)36(55)39(56)47-23-15-32(53)46-22-14-31(52)43(18-19-43)16-7-5-9-29-12-10-28(11-13-29)8-4-3-6-17-44(20-21-44)41(57)58/h10-13,26-27,30,34-36,40,54-55H,3-9,14-25H2,1-2H3,(H,46,53)(H,47,56)(H,57,58)(H,62,63)(H,64,65)(H2,45,48,49)(H2,59,60,61)/p-4. The lowest BCUT2D eigenvalue weighted by Gasteiger charge is -2.36. The highest BCUT2D eigenvalue weighted by Gasteiger charge is 2.50. The van der Waals surface area contributed by atoms with Crippen LogP contribution in [0.1, 0.15) is 115 Å². The normalized spacial score (nSPS) is 22.2. The van der Waals surface area contributed by atoms with Crippen LogP contribution in [-0.2, 0) is 68.3 Å². The number of nitrogen functional groups attached to an aromatic ring is 1. The third-order valence-electron chi connectivity index (χ3n) is 13.5. The molecule has 29 heteroatoms. The van der Waals surface area contributed by atoms with Gasteiger partial charge in [-0.2, -0.15) is 0 Å². The monoisotopic (exact) mass is 1090 g/mol. The lowest BCUT2D eigenvalue weighted by Crippen LogP contribution is -2.46. The Balaban J connectivity index is 0.839. The molecule has 7 N–H and O–H groups in total. The quantitative estimate of drug-likeness (QED) is 0.0375. The van der Waals surface area contributed by atoms with E-state index in [4.69, 9.17) is 10.5 Å². The zero-order valence-electron chi connectivity index (χ0n) is 40.4. The summed E-state index contributed by atoms with van der Waals surface area (Å²) in [5.74, 6) is -2.15. The molecule has 3 aromatic rings. The van der Waals surface area contributed by atoms with E-state index in [0.717, 1.165) is 101 Å². The Morgan fingerprint density at radius 2 is 1.45 bits per heavy atom. The van der Waals surface area contributed by atoms with E-state index in [2.05, 4.69) is 67.7 Å². The van der Waals surface area contributed by atoms with Crippen molar-refractivity contribution < 1.29 is 90.4 Å². The molecule has 0 spiro atoms. The maximum Gasteiger partial charge on any atom is 0.309 e. The van der Waals surface area contributed by atoms with Gasteiger partial charge in [-0.05, 0) is 75.3 Å². The van der Waals surface area contributed by atoms with Crippen molar-refractivity contribution >= 4 is 64.0 Å². The molecule has 1 aromatic carbocycles. The van der Waals surface area contributed by atoms with Crippen molar-refractivity contribution in [2.45, 2.75) is 141 Å². The van der Waals surface area contributed by atoms with Gasteiger partial charge in [0.25, 0.3) is 15.6 Å². The molecule has 2 aromatic heterocycles. The summed E-state index contributed by atoms with van der Waals surface area (Å²) in [6.07, 6.45) is 3.89. The zero-order chi connectivity index (χ0) is 53.4. The molecule has 3 fully saturated rings. The van der Waals surface area contributed by atoms with Gasteiger partial charge in [0.05, 0.1) is 32.8 Å². The van der Waals surface area contributed by atoms with Crippen molar-refractivity contribution in [3.8, 4) is 0 Å². The molecule has 7 atom stereocenters. The Morgan fingerprint density at radius 1 is 0.863 bits per heavy atom. The molecule has 0 bridgehead atoms. The summed E-state index contributed by atoms with van der Waals surface area (Å²) in [5.41, 5.74) is 5.74. The Labute approximate surface area is 420 Å². The van der Waals surface area contributed by atoms with Crippen LogP contribution >= 0.6 is 23.5 Å². The number of ether oxygens (including phenoxy) is 1. The molecular weight excluding hydrogens is 1020 g/mol. The van der Waals surface area contributed by atoms with Gasteiger partial charge in [-0.3, -0.25) is 32.9 Å². The minimum atomic E-state index is -5.94. The highest BCUT2D eigenvalue weighted by Crippen LogP contribution is 2.57. The minimum absolute atomic E-state index is 0.0248. The molecule has 2 amide bonds. The number of Topliss-reactive ketones (excluding diaryl/α,β-unsaturated/α-hetero) is 1. The van der Waals surface area contributed by atoms with E-state index in [1.54, 1.807) is 0 Å². The van der Waals surface area contributed by atoms with Crippen LogP contribution in [0.25, 0.3) is 11.2 Å². The number of aliphatic hydroxyl groups excluding tert-OH is 2. The fourth-order valence-corrected chi connectivity index (χ4v) is 11.4. The number of nitrogens with zero attached hydrogens (tertiary/aromatic N) is 4. The minimum Gasteiger partial charge on any atom is -0.790 e. The van der Waals surface area contributed by atoms with Crippen LogP contribution in [0.4, 0.5) is 5.82 Å². The van der Waals surface area contributed by atoms with E-state index in [0.29, 0.717) is 0 Å². The van der Waals surface area contributed by atoms with Crippen LogP contribution < -0.4 is 35.9 Å². The molecule has 2 aliphatic carbocycles. The first kappa shape index (κ1) is 58.2. The van der Waals surface area contributed by atoms with E-state index in [1.807, 2.05) is 0 Å². The van der Waals surface area contributed by atoms with Crippen molar-refractivity contribution in [3.63, 3.8) is 0 Å². The van der Waals surface area contributed by atoms with Gasteiger partial charge in [-0.1, -0.05) is 57.4 Å². The third kappa shape index (κ3) is 16.4. The Bertz CT molecular complexity index is 2570. The number of aliphatic hydroxyl groups is 2. The van der Waals surface area contributed by atoms with Crippen LogP contribution in [0, 0.1) is 16.2 Å². The lowest BCUT2D eigenvalue weighted by molar-refractivity contribution is -0.347. The van der Waals surface area contributed by atoms with Crippen molar-refractivity contribution in [1.29, 1.82) is 0 Å². The van der Waals surface area contributed by atoms with Gasteiger partial charge in [-0.15, -0.1) is 0 Å². The van der Waals surface area contributed by atoms with E-state index >= 15 is 0 Å². The summed E-state index contributed by atoms with van der Waals surface area (Å²) >= 11 is 0. The average molecular weight is 1090 g/mol. The fraction of sp³-hybridized carbons (Fsp3) is 0.659. The van der Waals surface area contributed by atoms with Gasteiger partial charge >= 0.3 is 5.97 Å². The number of imidazole rings is 1. The highest BCUT2D eigenvalue weighted by atomic mass is 31.3. The van der Waals surface area contributed by atoms with E-state index in [1.165, 1.54) is 25.0 Å². The second-order valence-corrected chi connectivity index (χ2v) is 23.7. The summed E-state index contributed by atoms with van der Waals surface area (Å²) in [5, 5.41) is 35.9. The molecule has 1 saturated heterocycles. The number of aromatic nitrogens is 4. The highest BCUT2D eigenvalue weighted by molar-refractivity contribution is 7.59. The maximum absolute atomic E-state index is 13.1. The van der Waals surface area contributed by atoms with E-state index < -0.39 is 95.9 Å². The first-order valence-corrected chi connectivity index (χ1v) is 28.3. The number of carboxylic acid groups (broad SMARTS) is 1. The van der Waals surface area contributed by atoms with Crippen LogP contribution in [0.5, 0.6) is 0 Å². The number of carbonyl (C=O) groups is 4. The summed E-state index contributed by atoms with van der Waals surface area (Å²) < 4.78 is 61.0. The SMILES string of the molecule is CC(C)(COP(=O)([O-])OP(=O)([O-])OCC1OC(n2cnc3c(N)ncnc32)C(O)C1OP(=O)([O-])[O-])C(O)C(=O)NCCC(=O)NCCC(=O)C1(CCCCc2ccc(CCCCCC3(C(=O)O)CC3)cc2)CC1. The predicted octanol–water partition coefficient (Wildman–Crippen LogP) is 0.997. The number of rotatable bonds is 32. The van der Waals surface area contributed by atoms with Gasteiger partial charge in [0, 0.05) is 36.8 Å². The number of phosphoric ester groups is 3. The number of anilines is 1. The van der Waals surface area contributed by atoms with Gasteiger partial charge in [0.2, 0.25) is 11.8 Å². The van der Waals surface area contributed by atoms with Crippen molar-refractivity contribution in [3.05, 3.63) is 48.0 Å². The fourth-order valence-electron chi connectivity index (χ4n) is 8.67. The molecule has 26 nitrogen and oxygen atoms in total. The summed E-state index contributed by atoms with van der Waals surface area (Å²) in [6.45, 7) is -0.0211. The predicted molar refractivity (Wildman–Crippen MR) is 248 cm³/mol. The number of ketones is 1. The number of carbonyl (C=O) groups excluding carboxylic acids is 3. The first-order chi connectivity index (χ1) is 34.2. The van der Waals surface area contributed by atoms with Gasteiger partial charge < -0.3 is 74.1 Å². The number of carboxylic acids is 1. The number of amides is 2. The molecule has 0 radical (unpaired) electrons. The molecule has 3 heterocycles. The molecular formula is C44H62N7O19P3-4.